The largest absolute Gasteiger partial charge is 0.381 e. The molecule has 1 aromatic carbocycles. The van der Waals surface area contributed by atoms with E-state index in [1.54, 1.807) is 0 Å². The predicted octanol–water partition coefficient (Wildman–Crippen LogP) is 3.62. The molecule has 0 bridgehead atoms. The number of hydrogen-bond donors (Lipinski definition) is 1. The monoisotopic (exact) mass is 249 g/mol. The molecule has 0 saturated carbocycles. The summed E-state index contributed by atoms with van der Waals surface area (Å²) in [5, 5.41) is 3.43. The highest BCUT2D eigenvalue weighted by Gasteiger charge is 1.99. The Morgan fingerprint density at radius 1 is 1.22 bits per heavy atom. The summed E-state index contributed by atoms with van der Waals surface area (Å²) in [5.74, 6) is 0.701. The van der Waals surface area contributed by atoms with Crippen molar-refractivity contribution in [3.05, 3.63) is 35.9 Å². The first kappa shape index (κ1) is 15.2. The van der Waals surface area contributed by atoms with Crippen molar-refractivity contribution in [1.29, 1.82) is 0 Å². The van der Waals surface area contributed by atoms with Gasteiger partial charge in [0.2, 0.25) is 0 Å². The third-order valence-electron chi connectivity index (χ3n) is 3.00. The summed E-state index contributed by atoms with van der Waals surface area (Å²) in [6, 6.07) is 10.5. The van der Waals surface area contributed by atoms with Gasteiger partial charge in [0.05, 0.1) is 0 Å². The Hall–Kier alpha value is -0.860. The van der Waals surface area contributed by atoms with Gasteiger partial charge in [-0.15, -0.1) is 0 Å². The zero-order valence-corrected chi connectivity index (χ0v) is 11.8. The van der Waals surface area contributed by atoms with Crippen LogP contribution in [-0.4, -0.2) is 19.8 Å². The fourth-order valence-corrected chi connectivity index (χ4v) is 1.99. The van der Waals surface area contributed by atoms with Gasteiger partial charge in [0.15, 0.2) is 0 Å². The summed E-state index contributed by atoms with van der Waals surface area (Å²) < 4.78 is 5.66. The van der Waals surface area contributed by atoms with Crippen molar-refractivity contribution in [1.82, 2.24) is 5.32 Å². The van der Waals surface area contributed by atoms with E-state index in [4.69, 9.17) is 4.74 Å². The highest BCUT2D eigenvalue weighted by Crippen LogP contribution is 2.05. The Morgan fingerprint density at radius 2 is 2.00 bits per heavy atom. The van der Waals surface area contributed by atoms with Gasteiger partial charge in [-0.2, -0.15) is 0 Å². The second-order valence-electron chi connectivity index (χ2n) is 4.98. The van der Waals surface area contributed by atoms with Gasteiger partial charge in [-0.05, 0) is 30.9 Å². The molecule has 0 aliphatic rings. The van der Waals surface area contributed by atoms with Crippen LogP contribution in [0.5, 0.6) is 0 Å². The molecule has 1 aromatic rings. The standard InChI is InChI=1S/C16H27NO/c1-3-8-15(2)14-18-12-7-11-17-13-16-9-5-4-6-10-16/h4-6,9-10,15,17H,3,7-8,11-14H2,1-2H3. The van der Waals surface area contributed by atoms with E-state index in [0.717, 1.165) is 32.7 Å². The normalized spacial score (nSPS) is 12.6. The van der Waals surface area contributed by atoms with Gasteiger partial charge >= 0.3 is 0 Å². The first-order valence-corrected chi connectivity index (χ1v) is 7.15. The zero-order valence-electron chi connectivity index (χ0n) is 11.8. The number of hydrogen-bond acceptors (Lipinski definition) is 2. The molecule has 0 aromatic heterocycles. The van der Waals surface area contributed by atoms with Crippen LogP contribution in [0, 0.1) is 5.92 Å². The second-order valence-corrected chi connectivity index (χ2v) is 4.98. The molecule has 0 aliphatic carbocycles. The molecule has 102 valence electrons. The third-order valence-corrected chi connectivity index (χ3v) is 3.00. The number of rotatable bonds is 10. The van der Waals surface area contributed by atoms with Crippen LogP contribution < -0.4 is 5.32 Å². The highest BCUT2D eigenvalue weighted by atomic mass is 16.5. The fraction of sp³-hybridized carbons (Fsp3) is 0.625. The SMILES string of the molecule is CCCC(C)COCCCNCc1ccccc1. The average molecular weight is 249 g/mol. The first-order valence-electron chi connectivity index (χ1n) is 7.15. The van der Waals surface area contributed by atoms with Crippen molar-refractivity contribution >= 4 is 0 Å². The lowest BCUT2D eigenvalue weighted by Gasteiger charge is -2.10. The molecule has 2 heteroatoms. The lowest BCUT2D eigenvalue weighted by Crippen LogP contribution is -2.17. The van der Waals surface area contributed by atoms with Gasteiger partial charge in [-0.25, -0.2) is 0 Å². The Labute approximate surface area is 112 Å². The van der Waals surface area contributed by atoms with Gasteiger partial charge in [-0.1, -0.05) is 50.6 Å². The molecular formula is C16H27NO. The van der Waals surface area contributed by atoms with Crippen molar-refractivity contribution in [3.8, 4) is 0 Å². The average Bonchev–Trinajstić information content (AvgIpc) is 2.39. The lowest BCUT2D eigenvalue weighted by molar-refractivity contribution is 0.0997. The Kier molecular flexibility index (Phi) is 8.53. The van der Waals surface area contributed by atoms with E-state index in [2.05, 4.69) is 49.5 Å². The Morgan fingerprint density at radius 3 is 2.72 bits per heavy atom. The highest BCUT2D eigenvalue weighted by molar-refractivity contribution is 5.14. The Balaban J connectivity index is 1.90. The molecule has 0 heterocycles. The van der Waals surface area contributed by atoms with Crippen molar-refractivity contribution in [2.45, 2.75) is 39.7 Å². The molecule has 1 unspecified atom stereocenters. The zero-order chi connectivity index (χ0) is 13.1. The van der Waals surface area contributed by atoms with E-state index in [1.165, 1.54) is 18.4 Å². The molecule has 0 radical (unpaired) electrons. The Bertz CT molecular complexity index is 286. The topological polar surface area (TPSA) is 21.3 Å². The van der Waals surface area contributed by atoms with Crippen LogP contribution in [-0.2, 0) is 11.3 Å². The van der Waals surface area contributed by atoms with Crippen molar-refractivity contribution in [2.75, 3.05) is 19.8 Å². The van der Waals surface area contributed by atoms with E-state index in [9.17, 15) is 0 Å². The van der Waals surface area contributed by atoms with Crippen LogP contribution in [0.25, 0.3) is 0 Å². The van der Waals surface area contributed by atoms with Crippen LogP contribution in [0.4, 0.5) is 0 Å². The maximum absolute atomic E-state index is 5.66. The number of ether oxygens (including phenoxy) is 1. The van der Waals surface area contributed by atoms with Gasteiger partial charge in [0.1, 0.15) is 0 Å². The quantitative estimate of drug-likeness (QED) is 0.639. The number of nitrogens with one attached hydrogen (secondary N) is 1. The van der Waals surface area contributed by atoms with E-state index in [0.29, 0.717) is 5.92 Å². The smallest absolute Gasteiger partial charge is 0.0491 e. The van der Waals surface area contributed by atoms with Crippen molar-refractivity contribution in [2.24, 2.45) is 5.92 Å². The first-order chi connectivity index (χ1) is 8.83. The van der Waals surface area contributed by atoms with Gasteiger partial charge < -0.3 is 10.1 Å². The molecular weight excluding hydrogens is 222 g/mol. The lowest BCUT2D eigenvalue weighted by atomic mass is 10.1. The summed E-state index contributed by atoms with van der Waals surface area (Å²) in [6.07, 6.45) is 3.61. The molecule has 1 N–H and O–H groups in total. The molecule has 0 fully saturated rings. The maximum Gasteiger partial charge on any atom is 0.0491 e. The van der Waals surface area contributed by atoms with Gasteiger partial charge in [-0.3, -0.25) is 0 Å². The summed E-state index contributed by atoms with van der Waals surface area (Å²) in [5.41, 5.74) is 1.34. The molecule has 1 rings (SSSR count). The third kappa shape index (κ3) is 7.46. The minimum Gasteiger partial charge on any atom is -0.381 e. The second kappa shape index (κ2) is 10.1. The molecule has 0 amide bonds. The minimum absolute atomic E-state index is 0.701. The summed E-state index contributed by atoms with van der Waals surface area (Å²) >= 11 is 0. The predicted molar refractivity (Wildman–Crippen MR) is 77.7 cm³/mol. The van der Waals surface area contributed by atoms with Crippen LogP contribution in [0.15, 0.2) is 30.3 Å². The summed E-state index contributed by atoms with van der Waals surface area (Å²) in [4.78, 5) is 0. The molecule has 0 spiro atoms. The van der Waals surface area contributed by atoms with E-state index in [1.807, 2.05) is 0 Å². The van der Waals surface area contributed by atoms with Crippen molar-refractivity contribution in [3.63, 3.8) is 0 Å². The summed E-state index contributed by atoms with van der Waals surface area (Å²) in [6.45, 7) is 8.24. The van der Waals surface area contributed by atoms with E-state index >= 15 is 0 Å². The van der Waals surface area contributed by atoms with Crippen LogP contribution in [0.1, 0.15) is 38.7 Å². The minimum atomic E-state index is 0.701. The summed E-state index contributed by atoms with van der Waals surface area (Å²) in [7, 11) is 0. The maximum atomic E-state index is 5.66. The molecule has 0 saturated heterocycles. The van der Waals surface area contributed by atoms with Gasteiger partial charge in [0.25, 0.3) is 0 Å². The van der Waals surface area contributed by atoms with E-state index in [-0.39, 0.29) is 0 Å². The van der Waals surface area contributed by atoms with E-state index < -0.39 is 0 Å². The molecule has 18 heavy (non-hydrogen) atoms. The van der Waals surface area contributed by atoms with Crippen LogP contribution in [0.2, 0.25) is 0 Å². The van der Waals surface area contributed by atoms with Crippen LogP contribution >= 0.6 is 0 Å². The van der Waals surface area contributed by atoms with Crippen molar-refractivity contribution < 1.29 is 4.74 Å². The molecule has 1 atom stereocenters. The van der Waals surface area contributed by atoms with Crippen LogP contribution in [0.3, 0.4) is 0 Å². The molecule has 2 nitrogen and oxygen atoms in total. The number of benzene rings is 1. The molecule has 0 aliphatic heterocycles. The fourth-order valence-electron chi connectivity index (χ4n) is 1.99. The van der Waals surface area contributed by atoms with Gasteiger partial charge in [0, 0.05) is 19.8 Å².